The van der Waals surface area contributed by atoms with Crippen molar-refractivity contribution in [3.05, 3.63) is 66.0 Å². The topological polar surface area (TPSA) is 84.7 Å². The molecule has 1 atom stereocenters. The molecule has 2 N–H and O–H groups in total. The van der Waals surface area contributed by atoms with Crippen LogP contribution in [0, 0.1) is 6.92 Å². The Morgan fingerprint density at radius 3 is 2.72 bits per heavy atom. The first-order chi connectivity index (χ1) is 12.1. The van der Waals surface area contributed by atoms with E-state index < -0.39 is 0 Å². The number of rotatable bonds is 5. The molecule has 0 fully saturated rings. The van der Waals surface area contributed by atoms with Crippen LogP contribution < -0.4 is 10.6 Å². The summed E-state index contributed by atoms with van der Waals surface area (Å²) in [7, 11) is 0. The number of nitrogens with zero attached hydrogens (tertiary/aromatic N) is 4. The number of carbonyl (C=O) groups is 1. The highest BCUT2D eigenvalue weighted by molar-refractivity contribution is 5.90. The van der Waals surface area contributed by atoms with E-state index in [1.807, 2.05) is 43.3 Å². The average Bonchev–Trinajstić information content (AvgIpc) is 3.17. The fourth-order valence-corrected chi connectivity index (χ4v) is 2.48. The van der Waals surface area contributed by atoms with Crippen LogP contribution >= 0.6 is 0 Å². The second kappa shape index (κ2) is 7.57. The van der Waals surface area contributed by atoms with Gasteiger partial charge in [0.2, 0.25) is 0 Å². The molecular formula is C18H20N6O. The fourth-order valence-electron chi connectivity index (χ4n) is 2.48. The lowest BCUT2D eigenvalue weighted by Gasteiger charge is -2.15. The fraction of sp³-hybridized carbons (Fsp3) is 0.222. The molecule has 0 bridgehead atoms. The number of tetrazole rings is 1. The Hall–Kier alpha value is -3.22. The molecule has 0 saturated carbocycles. The highest BCUT2D eigenvalue weighted by Crippen LogP contribution is 2.19. The van der Waals surface area contributed by atoms with E-state index in [0.717, 1.165) is 16.9 Å². The highest BCUT2D eigenvalue weighted by atomic mass is 16.2. The maximum Gasteiger partial charge on any atom is 0.319 e. The van der Waals surface area contributed by atoms with Gasteiger partial charge in [0, 0.05) is 12.2 Å². The first-order valence-electron chi connectivity index (χ1n) is 8.07. The van der Waals surface area contributed by atoms with E-state index in [1.165, 1.54) is 11.9 Å². The molecule has 0 aliphatic rings. The third kappa shape index (κ3) is 4.20. The molecule has 0 radical (unpaired) electrons. The number of urea groups is 1. The molecule has 7 nitrogen and oxygen atoms in total. The van der Waals surface area contributed by atoms with Crippen molar-refractivity contribution in [2.45, 2.75) is 19.8 Å². The van der Waals surface area contributed by atoms with Crippen LogP contribution in [0.2, 0.25) is 0 Å². The molecule has 25 heavy (non-hydrogen) atoms. The van der Waals surface area contributed by atoms with Crippen molar-refractivity contribution in [1.29, 1.82) is 0 Å². The molecule has 1 aromatic heterocycles. The van der Waals surface area contributed by atoms with E-state index in [-0.39, 0.29) is 11.9 Å². The maximum absolute atomic E-state index is 12.2. The smallest absolute Gasteiger partial charge is 0.319 e. The minimum absolute atomic E-state index is 0.236. The molecule has 7 heteroatoms. The lowest BCUT2D eigenvalue weighted by molar-refractivity contribution is 0.251. The quantitative estimate of drug-likeness (QED) is 0.750. The molecule has 128 valence electrons. The van der Waals surface area contributed by atoms with Crippen LogP contribution in [0.25, 0.3) is 5.69 Å². The summed E-state index contributed by atoms with van der Waals surface area (Å²) in [5.41, 5.74) is 3.66. The standard InChI is InChI=1S/C18H20N6O/c1-13-8-9-16(24-12-20-22-23-24)10-17(13)21-18(25)19-11-14(2)15-6-4-3-5-7-15/h3-10,12,14H,11H2,1-2H3,(H2,19,21,25)/t14-/m0/s1. The molecule has 0 aliphatic carbocycles. The first-order valence-corrected chi connectivity index (χ1v) is 8.07. The van der Waals surface area contributed by atoms with Gasteiger partial charge in [-0.1, -0.05) is 43.3 Å². The Kier molecular flexibility index (Phi) is 5.03. The molecule has 0 saturated heterocycles. The normalized spacial score (nSPS) is 11.8. The van der Waals surface area contributed by atoms with Gasteiger partial charge in [-0.3, -0.25) is 0 Å². The van der Waals surface area contributed by atoms with E-state index in [9.17, 15) is 4.79 Å². The molecule has 0 unspecified atom stereocenters. The van der Waals surface area contributed by atoms with Crippen molar-refractivity contribution in [2.75, 3.05) is 11.9 Å². The van der Waals surface area contributed by atoms with Crippen LogP contribution in [0.15, 0.2) is 54.9 Å². The summed E-state index contributed by atoms with van der Waals surface area (Å²) >= 11 is 0. The van der Waals surface area contributed by atoms with Gasteiger partial charge in [0.25, 0.3) is 0 Å². The zero-order valence-corrected chi connectivity index (χ0v) is 14.2. The van der Waals surface area contributed by atoms with Crippen molar-refractivity contribution >= 4 is 11.7 Å². The minimum atomic E-state index is -0.236. The van der Waals surface area contributed by atoms with E-state index in [4.69, 9.17) is 0 Å². The van der Waals surface area contributed by atoms with Crippen molar-refractivity contribution < 1.29 is 4.79 Å². The molecule has 3 aromatic rings. The van der Waals surface area contributed by atoms with Crippen molar-refractivity contribution in [3.8, 4) is 5.69 Å². The lowest BCUT2D eigenvalue weighted by atomic mass is 10.0. The molecule has 0 aliphatic heterocycles. The second-order valence-electron chi connectivity index (χ2n) is 5.90. The summed E-state index contributed by atoms with van der Waals surface area (Å²) in [5.74, 6) is 0.237. The largest absolute Gasteiger partial charge is 0.337 e. The molecule has 2 aromatic carbocycles. The molecule has 0 spiro atoms. The van der Waals surface area contributed by atoms with Gasteiger partial charge >= 0.3 is 6.03 Å². The molecular weight excluding hydrogens is 316 g/mol. The maximum atomic E-state index is 12.2. The summed E-state index contributed by atoms with van der Waals surface area (Å²) in [6.45, 7) is 4.58. The predicted octanol–water partition coefficient (Wildman–Crippen LogP) is 2.90. The average molecular weight is 336 g/mol. The summed E-state index contributed by atoms with van der Waals surface area (Å²) in [6, 6.07) is 15.5. The lowest BCUT2D eigenvalue weighted by Crippen LogP contribution is -2.32. The Labute approximate surface area is 146 Å². The Balaban J connectivity index is 1.62. The van der Waals surface area contributed by atoms with Crippen LogP contribution in [-0.2, 0) is 0 Å². The van der Waals surface area contributed by atoms with E-state index in [1.54, 1.807) is 4.68 Å². The summed E-state index contributed by atoms with van der Waals surface area (Å²) in [4.78, 5) is 12.2. The van der Waals surface area contributed by atoms with Gasteiger partial charge in [-0.2, -0.15) is 0 Å². The van der Waals surface area contributed by atoms with Gasteiger partial charge in [-0.05, 0) is 46.5 Å². The zero-order valence-electron chi connectivity index (χ0n) is 14.2. The number of nitrogens with one attached hydrogen (secondary N) is 2. The van der Waals surface area contributed by atoms with Gasteiger partial charge in [0.1, 0.15) is 6.33 Å². The number of hydrogen-bond acceptors (Lipinski definition) is 4. The van der Waals surface area contributed by atoms with Gasteiger partial charge in [-0.15, -0.1) is 5.10 Å². The van der Waals surface area contributed by atoms with E-state index in [2.05, 4.69) is 45.2 Å². The number of aryl methyl sites for hydroxylation is 1. The van der Waals surface area contributed by atoms with Crippen LogP contribution in [0.4, 0.5) is 10.5 Å². The predicted molar refractivity (Wildman–Crippen MR) is 95.8 cm³/mol. The molecule has 2 amide bonds. The summed E-state index contributed by atoms with van der Waals surface area (Å²) in [5, 5.41) is 16.9. The molecule has 1 heterocycles. The number of anilines is 1. The Morgan fingerprint density at radius 2 is 2.00 bits per heavy atom. The van der Waals surface area contributed by atoms with E-state index in [0.29, 0.717) is 6.54 Å². The van der Waals surface area contributed by atoms with Crippen LogP contribution in [0.1, 0.15) is 24.0 Å². The minimum Gasteiger partial charge on any atom is -0.337 e. The van der Waals surface area contributed by atoms with E-state index >= 15 is 0 Å². The van der Waals surface area contributed by atoms with Gasteiger partial charge in [-0.25, -0.2) is 9.48 Å². The number of aromatic nitrogens is 4. The SMILES string of the molecule is Cc1ccc(-n2cnnn2)cc1NC(=O)NC[C@H](C)c1ccccc1. The third-order valence-corrected chi connectivity index (χ3v) is 4.02. The van der Waals surface area contributed by atoms with Crippen LogP contribution in [0.5, 0.6) is 0 Å². The van der Waals surface area contributed by atoms with Crippen molar-refractivity contribution in [1.82, 2.24) is 25.5 Å². The highest BCUT2D eigenvalue weighted by Gasteiger charge is 2.10. The van der Waals surface area contributed by atoms with Gasteiger partial charge in [0.15, 0.2) is 0 Å². The summed E-state index contributed by atoms with van der Waals surface area (Å²) < 4.78 is 1.54. The monoisotopic (exact) mass is 336 g/mol. The Bertz CT molecular complexity index is 832. The summed E-state index contributed by atoms with van der Waals surface area (Å²) in [6.07, 6.45) is 1.51. The van der Waals surface area contributed by atoms with Crippen LogP contribution in [-0.4, -0.2) is 32.8 Å². The second-order valence-corrected chi connectivity index (χ2v) is 5.90. The molecule has 3 rings (SSSR count). The number of carbonyl (C=O) groups excluding carboxylic acids is 1. The van der Waals surface area contributed by atoms with Crippen LogP contribution in [0.3, 0.4) is 0 Å². The first kappa shape index (κ1) is 16.6. The van der Waals surface area contributed by atoms with Gasteiger partial charge < -0.3 is 10.6 Å². The number of benzene rings is 2. The number of amides is 2. The number of hydrogen-bond donors (Lipinski definition) is 2. The van der Waals surface area contributed by atoms with Crippen molar-refractivity contribution in [3.63, 3.8) is 0 Å². The Morgan fingerprint density at radius 1 is 1.20 bits per heavy atom. The zero-order chi connectivity index (χ0) is 17.6. The van der Waals surface area contributed by atoms with Crippen molar-refractivity contribution in [2.24, 2.45) is 0 Å². The third-order valence-electron chi connectivity index (χ3n) is 4.02. The van der Waals surface area contributed by atoms with Gasteiger partial charge in [0.05, 0.1) is 5.69 Å².